The monoisotopic (exact) mass is 896 g/mol. The van der Waals surface area contributed by atoms with Crippen LogP contribution in [0.5, 0.6) is 0 Å². The fraction of sp³-hybridized carbons (Fsp3) is 0.857. The zero-order valence-corrected chi connectivity index (χ0v) is 37.3. The lowest BCUT2D eigenvalue weighted by Gasteiger charge is -2.09. The Balaban J connectivity index is 1.66. The molecule has 0 amide bonds. The van der Waals surface area contributed by atoms with Gasteiger partial charge in [-0.25, -0.2) is 0 Å². The van der Waals surface area contributed by atoms with E-state index in [-0.39, 0.29) is 30.2 Å². The molecule has 20 heteroatoms. The largest absolute Gasteiger partial charge is 0.379 e. The Labute approximate surface area is 368 Å². The van der Waals surface area contributed by atoms with Crippen LogP contribution in [0, 0.1) is 20.2 Å². The van der Waals surface area contributed by atoms with E-state index in [1.165, 1.54) is 57.1 Å². The molecule has 0 aliphatic rings. The van der Waals surface area contributed by atoms with Crippen LogP contribution < -0.4 is 5.32 Å². The second-order valence-electron chi connectivity index (χ2n) is 13.6. The van der Waals surface area contributed by atoms with Crippen molar-refractivity contribution < 1.29 is 71.4 Å². The van der Waals surface area contributed by atoms with Crippen molar-refractivity contribution in [3.05, 3.63) is 38.4 Å². The van der Waals surface area contributed by atoms with E-state index in [0.717, 1.165) is 19.1 Å². The molecule has 0 radical (unpaired) electrons. The summed E-state index contributed by atoms with van der Waals surface area (Å²) in [5.41, 5.74) is -0.528. The van der Waals surface area contributed by atoms with E-state index in [4.69, 9.17) is 61.6 Å². The maximum Gasteiger partial charge on any atom is 0.299 e. The van der Waals surface area contributed by atoms with Crippen molar-refractivity contribution >= 4 is 17.1 Å². The molecule has 1 N–H and O–H groups in total. The van der Waals surface area contributed by atoms with Gasteiger partial charge in [-0.1, -0.05) is 51.9 Å². The van der Waals surface area contributed by atoms with Crippen LogP contribution in [-0.2, 0) is 61.6 Å². The number of anilines is 1. The number of rotatable bonds is 51. The molecule has 0 aliphatic heterocycles. The zero-order valence-electron chi connectivity index (χ0n) is 37.3. The van der Waals surface area contributed by atoms with Gasteiger partial charge in [0.2, 0.25) is 0 Å². The summed E-state index contributed by atoms with van der Waals surface area (Å²) in [6.45, 7) is 15.2. The smallest absolute Gasteiger partial charge is 0.299 e. The summed E-state index contributed by atoms with van der Waals surface area (Å²) in [6.07, 6.45) is 10.5. The van der Waals surface area contributed by atoms with E-state index in [1.54, 1.807) is 0 Å². The summed E-state index contributed by atoms with van der Waals surface area (Å²) in [4.78, 5) is 20.7. The molecule has 0 fully saturated rings. The minimum absolute atomic E-state index is 0.185. The van der Waals surface area contributed by atoms with Crippen LogP contribution in [0.4, 0.5) is 17.1 Å². The van der Waals surface area contributed by atoms with E-state index in [9.17, 15) is 20.2 Å². The van der Waals surface area contributed by atoms with Gasteiger partial charge in [-0.15, -0.1) is 0 Å². The predicted molar refractivity (Wildman–Crippen MR) is 231 cm³/mol. The van der Waals surface area contributed by atoms with Crippen LogP contribution >= 0.6 is 0 Å². The van der Waals surface area contributed by atoms with Crippen molar-refractivity contribution in [3.63, 3.8) is 0 Å². The van der Waals surface area contributed by atoms with Gasteiger partial charge in [0, 0.05) is 19.2 Å². The van der Waals surface area contributed by atoms with E-state index in [1.807, 2.05) is 0 Å². The highest BCUT2D eigenvalue weighted by atomic mass is 16.6. The maximum absolute atomic E-state index is 11.2. The van der Waals surface area contributed by atoms with E-state index in [0.29, 0.717) is 159 Å². The highest BCUT2D eigenvalue weighted by Gasteiger charge is 2.19. The number of nitrogens with zero attached hydrogens (tertiary/aromatic N) is 2. The van der Waals surface area contributed by atoms with Crippen LogP contribution in [0.2, 0.25) is 0 Å². The molecule has 1 rings (SSSR count). The van der Waals surface area contributed by atoms with E-state index >= 15 is 0 Å². The highest BCUT2D eigenvalue weighted by Crippen LogP contribution is 2.28. The molecule has 0 heterocycles. The Hall–Kier alpha value is -2.70. The molecule has 0 bridgehead atoms. The first kappa shape index (κ1) is 57.3. The standard InChI is InChI=1S/C42H77N3O17/c1-2-3-4-5-6-7-8-9-13-50-15-17-52-19-21-54-23-25-56-27-29-58-31-33-60-35-37-62-38-36-61-34-32-59-30-28-57-26-24-55-22-20-53-18-16-51-14-12-43-41-11-10-40(44(46)47)39-42(41)45(48)49/h10-11,39,43H,2-9,12-38H2,1H3. The molecule has 0 unspecified atom stereocenters. The number of nitrogens with one attached hydrogen (secondary N) is 1. The summed E-state index contributed by atoms with van der Waals surface area (Å²) in [7, 11) is 0. The van der Waals surface area contributed by atoms with Gasteiger partial charge in [-0.05, 0) is 12.5 Å². The molecule has 0 saturated carbocycles. The molecule has 0 saturated heterocycles. The Morgan fingerprint density at radius 3 is 0.984 bits per heavy atom. The zero-order chi connectivity index (χ0) is 44.7. The lowest BCUT2D eigenvalue weighted by Crippen LogP contribution is -2.16. The van der Waals surface area contributed by atoms with E-state index in [2.05, 4.69) is 12.2 Å². The number of non-ortho nitro benzene ring substituents is 1. The lowest BCUT2D eigenvalue weighted by molar-refractivity contribution is -0.393. The third kappa shape index (κ3) is 38.9. The normalized spacial score (nSPS) is 11.4. The van der Waals surface area contributed by atoms with Crippen LogP contribution in [0.1, 0.15) is 58.3 Å². The second kappa shape index (κ2) is 46.3. The van der Waals surface area contributed by atoms with Gasteiger partial charge >= 0.3 is 0 Å². The number of hydrogen-bond donors (Lipinski definition) is 1. The number of nitro groups is 2. The average Bonchev–Trinajstić information content (AvgIpc) is 3.27. The summed E-state index contributed by atoms with van der Waals surface area (Å²) in [5.74, 6) is 0. The molecule has 0 aromatic heterocycles. The number of unbranched alkanes of at least 4 members (excludes halogenated alkanes) is 7. The average molecular weight is 896 g/mol. The van der Waals surface area contributed by atoms with E-state index < -0.39 is 9.85 Å². The summed E-state index contributed by atoms with van der Waals surface area (Å²) in [6, 6.07) is 3.43. The number of nitro benzene ring substituents is 2. The fourth-order valence-electron chi connectivity index (χ4n) is 5.27. The molecule has 362 valence electrons. The van der Waals surface area contributed by atoms with Gasteiger partial charge in [0.05, 0.1) is 181 Å². The van der Waals surface area contributed by atoms with Gasteiger partial charge < -0.3 is 66.9 Å². The number of hydrogen-bond acceptors (Lipinski definition) is 18. The highest BCUT2D eigenvalue weighted by molar-refractivity contribution is 5.65. The van der Waals surface area contributed by atoms with Crippen LogP contribution in [0.25, 0.3) is 0 Å². The summed E-state index contributed by atoms with van der Waals surface area (Å²) in [5, 5.41) is 24.9. The molecular weight excluding hydrogens is 818 g/mol. The van der Waals surface area contributed by atoms with Crippen LogP contribution in [0.15, 0.2) is 18.2 Å². The number of ether oxygens (including phenoxy) is 13. The van der Waals surface area contributed by atoms with Gasteiger partial charge in [0.1, 0.15) is 5.69 Å². The van der Waals surface area contributed by atoms with Gasteiger partial charge in [-0.3, -0.25) is 20.2 Å². The maximum atomic E-state index is 11.2. The molecule has 62 heavy (non-hydrogen) atoms. The van der Waals surface area contributed by atoms with Crippen molar-refractivity contribution in [1.29, 1.82) is 0 Å². The fourth-order valence-corrected chi connectivity index (χ4v) is 5.27. The molecule has 0 aliphatic carbocycles. The van der Waals surface area contributed by atoms with Gasteiger partial charge in [0.25, 0.3) is 11.4 Å². The summed E-state index contributed by atoms with van der Waals surface area (Å²) >= 11 is 0. The van der Waals surface area contributed by atoms with Gasteiger partial charge in [0.15, 0.2) is 0 Å². The second-order valence-corrected chi connectivity index (χ2v) is 13.6. The Bertz CT molecular complexity index is 1140. The quantitative estimate of drug-likeness (QED) is 0.0500. The molecule has 0 atom stereocenters. The Kier molecular flexibility index (Phi) is 42.8. The SMILES string of the molecule is CCCCCCCCCCOCCOCCOCCOCCOCCOCCOCCOCCOCCOCCOCCOCCOCCNc1ccc([N+](=O)[O-])cc1[N+](=O)[O-]. The van der Waals surface area contributed by atoms with Crippen molar-refractivity contribution in [1.82, 2.24) is 0 Å². The first-order valence-corrected chi connectivity index (χ1v) is 22.2. The molecular formula is C42H77N3O17. The van der Waals surface area contributed by atoms with Crippen LogP contribution in [0.3, 0.4) is 0 Å². The third-order valence-corrected chi connectivity index (χ3v) is 8.56. The van der Waals surface area contributed by atoms with Crippen molar-refractivity contribution in [2.24, 2.45) is 0 Å². The summed E-state index contributed by atoms with van der Waals surface area (Å²) < 4.78 is 71.5. The van der Waals surface area contributed by atoms with Gasteiger partial charge in [-0.2, -0.15) is 0 Å². The molecule has 1 aromatic carbocycles. The third-order valence-electron chi connectivity index (χ3n) is 8.56. The Morgan fingerprint density at radius 2 is 0.677 bits per heavy atom. The van der Waals surface area contributed by atoms with Crippen molar-refractivity contribution in [2.75, 3.05) is 184 Å². The minimum atomic E-state index is -0.680. The topological polar surface area (TPSA) is 218 Å². The predicted octanol–water partition coefficient (Wildman–Crippen LogP) is 5.27. The minimum Gasteiger partial charge on any atom is -0.379 e. The van der Waals surface area contributed by atoms with Crippen molar-refractivity contribution in [3.8, 4) is 0 Å². The van der Waals surface area contributed by atoms with Crippen molar-refractivity contribution in [2.45, 2.75) is 58.3 Å². The Morgan fingerprint density at radius 1 is 0.387 bits per heavy atom. The van der Waals surface area contributed by atoms with Crippen LogP contribution in [-0.4, -0.2) is 188 Å². The first-order valence-electron chi connectivity index (χ1n) is 22.2. The first-order chi connectivity index (χ1) is 30.6. The lowest BCUT2D eigenvalue weighted by atomic mass is 10.1. The molecule has 0 spiro atoms. The number of benzene rings is 1. The molecule has 1 aromatic rings. The molecule has 20 nitrogen and oxygen atoms in total.